The highest BCUT2D eigenvalue weighted by molar-refractivity contribution is 5.60. The van der Waals surface area contributed by atoms with Gasteiger partial charge in [0.15, 0.2) is 5.75 Å². The molecule has 20 heavy (non-hydrogen) atoms. The summed E-state index contributed by atoms with van der Waals surface area (Å²) >= 11 is 0. The van der Waals surface area contributed by atoms with Gasteiger partial charge in [0.25, 0.3) is 0 Å². The Morgan fingerprint density at radius 3 is 2.85 bits per heavy atom. The molecule has 0 aromatic heterocycles. The Morgan fingerprint density at radius 2 is 2.20 bits per heavy atom. The Balaban J connectivity index is 2.31. The lowest BCUT2D eigenvalue weighted by molar-refractivity contribution is -0.385. The van der Waals surface area contributed by atoms with Gasteiger partial charge in [-0.1, -0.05) is 6.92 Å². The van der Waals surface area contributed by atoms with E-state index in [1.54, 1.807) is 6.07 Å². The van der Waals surface area contributed by atoms with E-state index in [4.69, 9.17) is 4.74 Å². The van der Waals surface area contributed by atoms with Crippen LogP contribution in [0.25, 0.3) is 0 Å². The summed E-state index contributed by atoms with van der Waals surface area (Å²) in [7, 11) is 0. The number of piperidine rings is 1. The minimum atomic E-state index is -0.387. The van der Waals surface area contributed by atoms with E-state index < -0.39 is 0 Å². The van der Waals surface area contributed by atoms with E-state index >= 15 is 0 Å². The molecule has 1 atom stereocenters. The van der Waals surface area contributed by atoms with Crippen LogP contribution in [0.3, 0.4) is 0 Å². The van der Waals surface area contributed by atoms with E-state index in [1.165, 1.54) is 19.3 Å². The van der Waals surface area contributed by atoms with Gasteiger partial charge in [-0.2, -0.15) is 0 Å². The highest BCUT2D eigenvalue weighted by Crippen LogP contribution is 2.34. The van der Waals surface area contributed by atoms with Crippen molar-refractivity contribution in [2.24, 2.45) is 0 Å². The largest absolute Gasteiger partial charge is 0.487 e. The van der Waals surface area contributed by atoms with Gasteiger partial charge in [-0.3, -0.25) is 10.1 Å². The summed E-state index contributed by atoms with van der Waals surface area (Å²) in [5.41, 5.74) is 1.08. The predicted octanol–water partition coefficient (Wildman–Crippen LogP) is 3.76. The van der Waals surface area contributed by atoms with Gasteiger partial charge >= 0.3 is 5.69 Å². The van der Waals surface area contributed by atoms with Gasteiger partial charge in [-0.25, -0.2) is 0 Å². The van der Waals surface area contributed by atoms with Crippen LogP contribution in [0.15, 0.2) is 18.2 Å². The Labute approximate surface area is 119 Å². The van der Waals surface area contributed by atoms with E-state index in [0.717, 1.165) is 18.7 Å². The molecule has 1 heterocycles. The van der Waals surface area contributed by atoms with Gasteiger partial charge < -0.3 is 9.64 Å². The molecule has 1 aromatic carbocycles. The highest BCUT2D eigenvalue weighted by atomic mass is 16.6. The fourth-order valence-electron chi connectivity index (χ4n) is 2.87. The summed E-state index contributed by atoms with van der Waals surface area (Å²) in [5.74, 6) is 0.371. The van der Waals surface area contributed by atoms with Gasteiger partial charge in [0.1, 0.15) is 0 Å². The fraction of sp³-hybridized carbons (Fsp3) is 0.600. The van der Waals surface area contributed by atoms with Gasteiger partial charge in [0.2, 0.25) is 0 Å². The first-order valence-corrected chi connectivity index (χ1v) is 7.35. The second-order valence-corrected chi connectivity index (χ2v) is 5.09. The molecule has 0 radical (unpaired) electrons. The van der Waals surface area contributed by atoms with Crippen LogP contribution in [0.1, 0.15) is 39.5 Å². The van der Waals surface area contributed by atoms with E-state index in [2.05, 4.69) is 11.8 Å². The molecule has 1 fully saturated rings. The second-order valence-electron chi connectivity index (χ2n) is 5.09. The zero-order valence-electron chi connectivity index (χ0n) is 12.2. The van der Waals surface area contributed by atoms with Crippen molar-refractivity contribution in [3.63, 3.8) is 0 Å². The van der Waals surface area contributed by atoms with E-state index in [9.17, 15) is 10.1 Å². The number of rotatable bonds is 5. The van der Waals surface area contributed by atoms with E-state index in [0.29, 0.717) is 18.4 Å². The first-order valence-electron chi connectivity index (χ1n) is 7.35. The Morgan fingerprint density at radius 1 is 1.40 bits per heavy atom. The van der Waals surface area contributed by atoms with Crippen molar-refractivity contribution in [1.29, 1.82) is 0 Å². The zero-order valence-corrected chi connectivity index (χ0v) is 12.2. The minimum absolute atomic E-state index is 0.0423. The number of nitro benzene ring substituents is 1. The van der Waals surface area contributed by atoms with Gasteiger partial charge in [0.05, 0.1) is 11.5 Å². The van der Waals surface area contributed by atoms with Crippen LogP contribution in [-0.4, -0.2) is 24.1 Å². The maximum absolute atomic E-state index is 11.0. The molecule has 1 aliphatic heterocycles. The first kappa shape index (κ1) is 14.6. The lowest BCUT2D eigenvalue weighted by atomic mass is 9.99. The molecule has 110 valence electrons. The molecule has 0 saturated carbocycles. The molecule has 1 aromatic rings. The second kappa shape index (κ2) is 6.59. The van der Waals surface area contributed by atoms with Crippen LogP contribution in [0.5, 0.6) is 5.75 Å². The minimum Gasteiger partial charge on any atom is -0.487 e. The SMILES string of the molecule is CCOc1cc(N2CCCCC2CC)ccc1[N+](=O)[O-]. The van der Waals surface area contributed by atoms with Gasteiger partial charge in [-0.05, 0) is 38.7 Å². The van der Waals surface area contributed by atoms with Crippen molar-refractivity contribution in [2.45, 2.75) is 45.6 Å². The first-order chi connectivity index (χ1) is 9.67. The third-order valence-corrected chi connectivity index (χ3v) is 3.87. The molecule has 2 rings (SSSR count). The van der Waals surface area contributed by atoms with Crippen molar-refractivity contribution in [2.75, 3.05) is 18.1 Å². The van der Waals surface area contributed by atoms with E-state index in [-0.39, 0.29) is 10.6 Å². The van der Waals surface area contributed by atoms with Crippen LogP contribution < -0.4 is 9.64 Å². The number of anilines is 1. The molecule has 0 bridgehead atoms. The number of hydrogen-bond donors (Lipinski definition) is 0. The Kier molecular flexibility index (Phi) is 4.82. The van der Waals surface area contributed by atoms with Crippen LogP contribution >= 0.6 is 0 Å². The number of ether oxygens (including phenoxy) is 1. The molecule has 1 saturated heterocycles. The highest BCUT2D eigenvalue weighted by Gasteiger charge is 2.23. The molecule has 0 amide bonds. The molecule has 0 spiro atoms. The van der Waals surface area contributed by atoms with Crippen LogP contribution in [0, 0.1) is 10.1 Å². The molecule has 0 aliphatic carbocycles. The Bertz CT molecular complexity index is 476. The molecule has 0 N–H and O–H groups in total. The summed E-state index contributed by atoms with van der Waals surface area (Å²) in [6.07, 6.45) is 4.73. The average Bonchev–Trinajstić information content (AvgIpc) is 2.47. The maximum atomic E-state index is 11.0. The molecular formula is C15H22N2O3. The number of nitro groups is 1. The van der Waals surface area contributed by atoms with Crippen molar-refractivity contribution in [3.8, 4) is 5.75 Å². The topological polar surface area (TPSA) is 55.6 Å². The quantitative estimate of drug-likeness (QED) is 0.608. The molecule has 1 unspecified atom stereocenters. The van der Waals surface area contributed by atoms with Crippen molar-refractivity contribution < 1.29 is 9.66 Å². The van der Waals surface area contributed by atoms with Crippen LogP contribution in [0.4, 0.5) is 11.4 Å². The van der Waals surface area contributed by atoms with Crippen LogP contribution in [-0.2, 0) is 0 Å². The normalized spacial score (nSPS) is 18.9. The monoisotopic (exact) mass is 278 g/mol. The standard InChI is InChI=1S/C15H22N2O3/c1-3-12-7-5-6-10-16(12)13-8-9-14(17(18)19)15(11-13)20-4-2/h8-9,11-12H,3-7,10H2,1-2H3. The van der Waals surface area contributed by atoms with E-state index in [1.807, 2.05) is 19.1 Å². The van der Waals surface area contributed by atoms with Crippen molar-refractivity contribution >= 4 is 11.4 Å². The van der Waals surface area contributed by atoms with Crippen molar-refractivity contribution in [3.05, 3.63) is 28.3 Å². The number of nitrogens with zero attached hydrogens (tertiary/aromatic N) is 2. The third kappa shape index (κ3) is 3.03. The van der Waals surface area contributed by atoms with Crippen LogP contribution in [0.2, 0.25) is 0 Å². The molecule has 5 heteroatoms. The fourth-order valence-corrected chi connectivity index (χ4v) is 2.87. The summed E-state index contributed by atoms with van der Waals surface area (Å²) in [6, 6.07) is 5.74. The number of benzene rings is 1. The maximum Gasteiger partial charge on any atom is 0.311 e. The Hall–Kier alpha value is -1.78. The smallest absolute Gasteiger partial charge is 0.311 e. The average molecular weight is 278 g/mol. The molecular weight excluding hydrogens is 256 g/mol. The molecule has 1 aliphatic rings. The van der Waals surface area contributed by atoms with Gasteiger partial charge in [-0.15, -0.1) is 0 Å². The summed E-state index contributed by atoms with van der Waals surface area (Å²) < 4.78 is 5.43. The third-order valence-electron chi connectivity index (χ3n) is 3.87. The van der Waals surface area contributed by atoms with Crippen molar-refractivity contribution in [1.82, 2.24) is 0 Å². The lowest BCUT2D eigenvalue weighted by Gasteiger charge is -2.37. The number of hydrogen-bond acceptors (Lipinski definition) is 4. The lowest BCUT2D eigenvalue weighted by Crippen LogP contribution is -2.39. The summed E-state index contributed by atoms with van der Waals surface area (Å²) in [6.45, 7) is 5.48. The summed E-state index contributed by atoms with van der Waals surface area (Å²) in [5, 5.41) is 11.0. The summed E-state index contributed by atoms with van der Waals surface area (Å²) in [4.78, 5) is 13.0. The van der Waals surface area contributed by atoms with Gasteiger partial charge in [0, 0.05) is 30.4 Å². The predicted molar refractivity (Wildman–Crippen MR) is 79.5 cm³/mol. The zero-order chi connectivity index (χ0) is 14.5. The molecule has 5 nitrogen and oxygen atoms in total.